The quantitative estimate of drug-likeness (QED) is 0.338. The Morgan fingerprint density at radius 2 is 1.90 bits per heavy atom. The maximum Gasteiger partial charge on any atom is 0.419 e. The summed E-state index contributed by atoms with van der Waals surface area (Å²) in [5.74, 6) is 0.0174. The number of hydrogen-bond acceptors (Lipinski definition) is 6. The predicted octanol–water partition coefficient (Wildman–Crippen LogP) is 5.67. The second-order valence-electron chi connectivity index (χ2n) is 6.74. The second kappa shape index (κ2) is 10.0. The fourth-order valence-corrected chi connectivity index (χ4v) is 3.20. The van der Waals surface area contributed by atoms with Crippen LogP contribution in [-0.2, 0) is 6.18 Å². The first kappa shape index (κ1) is 25.2. The number of nitrogens with two attached hydrogens (primary N) is 1. The number of nitrogens with one attached hydrogen (secondary N) is 1. The molecule has 6 nitrogen and oxygen atoms in total. The third-order valence-electron chi connectivity index (χ3n) is 4.18. The van der Waals surface area contributed by atoms with Crippen LogP contribution in [0.25, 0.3) is 10.9 Å². The van der Waals surface area contributed by atoms with Gasteiger partial charge in [0.25, 0.3) is 0 Å². The summed E-state index contributed by atoms with van der Waals surface area (Å²) in [6.45, 7) is 3.25. The van der Waals surface area contributed by atoms with Gasteiger partial charge in [-0.3, -0.25) is 0 Å². The van der Waals surface area contributed by atoms with Gasteiger partial charge in [-0.15, -0.1) is 12.4 Å². The Labute approximate surface area is 192 Å². The summed E-state index contributed by atoms with van der Waals surface area (Å²) < 4.78 is 46.1. The molecule has 168 valence electrons. The van der Waals surface area contributed by atoms with Gasteiger partial charge in [0.1, 0.15) is 23.3 Å². The molecule has 0 amide bonds. The topological polar surface area (TPSA) is 86.0 Å². The highest BCUT2D eigenvalue weighted by atomic mass is 35.5. The van der Waals surface area contributed by atoms with Crippen LogP contribution in [0.5, 0.6) is 5.75 Å². The smallest absolute Gasteiger partial charge is 0.419 e. The summed E-state index contributed by atoms with van der Waals surface area (Å²) in [5, 5.41) is 3.77. The van der Waals surface area contributed by atoms with Crippen molar-refractivity contribution in [1.29, 1.82) is 0 Å². The van der Waals surface area contributed by atoms with Gasteiger partial charge in [-0.05, 0) is 37.6 Å². The molecular formula is C19H19Cl3F3N5O. The minimum absolute atomic E-state index is 0. The second-order valence-corrected chi connectivity index (χ2v) is 7.47. The van der Waals surface area contributed by atoms with E-state index in [0.29, 0.717) is 16.7 Å². The molecule has 0 unspecified atom stereocenters. The summed E-state index contributed by atoms with van der Waals surface area (Å²) in [6, 6.07) is 4.30. The van der Waals surface area contributed by atoms with Crippen molar-refractivity contribution in [2.24, 2.45) is 5.73 Å². The lowest BCUT2D eigenvalue weighted by Crippen LogP contribution is -2.25. The lowest BCUT2D eigenvalue weighted by molar-refractivity contribution is -0.139. The predicted molar refractivity (Wildman–Crippen MR) is 117 cm³/mol. The number of ether oxygens (including phenoxy) is 1. The number of benzene rings is 1. The van der Waals surface area contributed by atoms with Crippen molar-refractivity contribution < 1.29 is 17.9 Å². The molecule has 0 fully saturated rings. The van der Waals surface area contributed by atoms with Crippen LogP contribution in [0.3, 0.4) is 0 Å². The van der Waals surface area contributed by atoms with Gasteiger partial charge < -0.3 is 15.8 Å². The fourth-order valence-electron chi connectivity index (χ4n) is 2.87. The number of anilines is 1. The minimum Gasteiger partial charge on any atom is -0.491 e. The Balaban J connectivity index is 0.00000341. The van der Waals surface area contributed by atoms with E-state index in [4.69, 9.17) is 33.7 Å². The molecule has 2 atom stereocenters. The number of nitrogens with zero attached hydrogens (tertiary/aromatic N) is 3. The molecule has 3 rings (SSSR count). The number of para-hydroxylation sites is 1. The van der Waals surface area contributed by atoms with Crippen molar-refractivity contribution in [3.8, 4) is 5.75 Å². The van der Waals surface area contributed by atoms with Crippen LogP contribution in [0.15, 0.2) is 30.5 Å². The average Bonchev–Trinajstić information content (AvgIpc) is 2.65. The first-order valence-corrected chi connectivity index (χ1v) is 9.65. The number of fused-ring (bicyclic) bond motifs is 1. The average molecular weight is 497 g/mol. The number of aromatic nitrogens is 3. The third kappa shape index (κ3) is 6.00. The fraction of sp³-hybridized carbons (Fsp3) is 0.316. The zero-order valence-electron chi connectivity index (χ0n) is 16.4. The van der Waals surface area contributed by atoms with E-state index in [1.807, 2.05) is 0 Å². The van der Waals surface area contributed by atoms with Crippen molar-refractivity contribution in [3.05, 3.63) is 52.0 Å². The van der Waals surface area contributed by atoms with Crippen LogP contribution in [0.2, 0.25) is 10.4 Å². The molecule has 12 heteroatoms. The molecule has 0 aliphatic rings. The molecule has 0 radical (unpaired) electrons. The van der Waals surface area contributed by atoms with E-state index < -0.39 is 23.8 Å². The standard InChI is InChI=1S/C19H18Cl2F3N5O.ClH/c1-9(25)8-30-16-11(4-3-5-13(16)19(22,23)24)10(2)27-17-12-6-15(20)26-7-14(12)28-18(21)29-17;/h3-7,9-10H,8,25H2,1-2H3,(H,27,28,29);1H/t9-,10-;/m1./s1. The number of hydrogen-bond donors (Lipinski definition) is 2. The van der Waals surface area contributed by atoms with Gasteiger partial charge in [0.05, 0.1) is 23.3 Å². The summed E-state index contributed by atoms with van der Waals surface area (Å²) in [5.41, 5.74) is 5.51. The molecule has 0 saturated carbocycles. The van der Waals surface area contributed by atoms with Gasteiger partial charge in [-0.25, -0.2) is 15.0 Å². The van der Waals surface area contributed by atoms with Gasteiger partial charge >= 0.3 is 6.18 Å². The van der Waals surface area contributed by atoms with E-state index in [1.54, 1.807) is 26.0 Å². The molecule has 31 heavy (non-hydrogen) atoms. The van der Waals surface area contributed by atoms with E-state index >= 15 is 0 Å². The minimum atomic E-state index is -4.59. The van der Waals surface area contributed by atoms with Gasteiger partial charge in [0, 0.05) is 17.0 Å². The summed E-state index contributed by atoms with van der Waals surface area (Å²) >= 11 is 12.0. The molecular weight excluding hydrogens is 478 g/mol. The number of rotatable bonds is 6. The molecule has 2 aromatic heterocycles. The largest absolute Gasteiger partial charge is 0.491 e. The first-order chi connectivity index (χ1) is 14.1. The van der Waals surface area contributed by atoms with Crippen molar-refractivity contribution in [3.63, 3.8) is 0 Å². The summed E-state index contributed by atoms with van der Waals surface area (Å²) in [7, 11) is 0. The number of alkyl halides is 3. The van der Waals surface area contributed by atoms with Crippen LogP contribution in [0, 0.1) is 0 Å². The molecule has 0 bridgehead atoms. The molecule has 3 N–H and O–H groups in total. The van der Waals surface area contributed by atoms with Gasteiger partial charge in [-0.2, -0.15) is 13.2 Å². The normalized spacial score (nSPS) is 13.4. The number of halogens is 6. The van der Waals surface area contributed by atoms with Crippen LogP contribution in [0.4, 0.5) is 19.0 Å². The van der Waals surface area contributed by atoms with E-state index in [9.17, 15) is 13.2 Å². The highest BCUT2D eigenvalue weighted by Gasteiger charge is 2.36. The highest BCUT2D eigenvalue weighted by molar-refractivity contribution is 6.30. The SMILES string of the molecule is C[C@@H](N)COc1c([C@@H](C)Nc2nc(Cl)nc3cnc(Cl)cc23)cccc1C(F)(F)F.Cl. The number of pyridine rings is 1. The highest BCUT2D eigenvalue weighted by Crippen LogP contribution is 2.41. The van der Waals surface area contributed by atoms with Crippen LogP contribution in [0.1, 0.15) is 31.0 Å². The van der Waals surface area contributed by atoms with Crippen LogP contribution >= 0.6 is 35.6 Å². The molecule has 1 aromatic carbocycles. The van der Waals surface area contributed by atoms with Gasteiger partial charge in [0.15, 0.2) is 0 Å². The van der Waals surface area contributed by atoms with Crippen molar-refractivity contribution in [2.45, 2.75) is 32.1 Å². The zero-order chi connectivity index (χ0) is 22.1. The van der Waals surface area contributed by atoms with E-state index in [-0.39, 0.29) is 40.8 Å². The molecule has 2 heterocycles. The van der Waals surface area contributed by atoms with E-state index in [1.165, 1.54) is 12.3 Å². The summed E-state index contributed by atoms with van der Waals surface area (Å²) in [4.78, 5) is 12.2. The lowest BCUT2D eigenvalue weighted by atomic mass is 10.0. The van der Waals surface area contributed by atoms with Crippen LogP contribution in [-0.4, -0.2) is 27.6 Å². The van der Waals surface area contributed by atoms with Gasteiger partial charge in [0.2, 0.25) is 5.28 Å². The van der Waals surface area contributed by atoms with E-state index in [0.717, 1.165) is 6.07 Å². The Morgan fingerprint density at radius 3 is 2.55 bits per heavy atom. The third-order valence-corrected chi connectivity index (χ3v) is 4.56. The van der Waals surface area contributed by atoms with E-state index in [2.05, 4.69) is 20.3 Å². The molecule has 0 saturated heterocycles. The molecule has 3 aromatic rings. The Kier molecular flexibility index (Phi) is 8.15. The summed E-state index contributed by atoms with van der Waals surface area (Å²) in [6.07, 6.45) is -3.16. The Morgan fingerprint density at radius 1 is 1.19 bits per heavy atom. The Hall–Kier alpha value is -2.07. The monoisotopic (exact) mass is 495 g/mol. The van der Waals surface area contributed by atoms with Gasteiger partial charge in [-0.1, -0.05) is 23.7 Å². The molecule has 0 aliphatic carbocycles. The maximum absolute atomic E-state index is 13.6. The lowest BCUT2D eigenvalue weighted by Gasteiger charge is -2.23. The van der Waals surface area contributed by atoms with Crippen LogP contribution < -0.4 is 15.8 Å². The first-order valence-electron chi connectivity index (χ1n) is 8.90. The zero-order valence-corrected chi connectivity index (χ0v) is 18.7. The van der Waals surface area contributed by atoms with Crippen molar-refractivity contribution in [1.82, 2.24) is 15.0 Å². The Bertz CT molecular complexity index is 1070. The van der Waals surface area contributed by atoms with Crippen molar-refractivity contribution >= 4 is 52.3 Å². The maximum atomic E-state index is 13.6. The molecule has 0 aliphatic heterocycles. The van der Waals surface area contributed by atoms with Crippen molar-refractivity contribution in [2.75, 3.05) is 11.9 Å². The molecule has 0 spiro atoms.